The predicted molar refractivity (Wildman–Crippen MR) is 71.7 cm³/mol. The molecule has 0 fully saturated rings. The topological polar surface area (TPSA) is 86.1 Å². The van der Waals surface area contributed by atoms with Crippen molar-refractivity contribution in [1.29, 1.82) is 0 Å². The molecule has 11 heteroatoms. The molecule has 7 nitrogen and oxygen atoms in total. The van der Waals surface area contributed by atoms with E-state index < -0.39 is 24.6 Å². The number of rotatable bonds is 4. The molecule has 22 heavy (non-hydrogen) atoms. The minimum absolute atomic E-state index is 0.0593. The van der Waals surface area contributed by atoms with Crippen molar-refractivity contribution in [2.24, 2.45) is 0 Å². The van der Waals surface area contributed by atoms with E-state index in [2.05, 4.69) is 15.4 Å². The van der Waals surface area contributed by atoms with Crippen LogP contribution in [0.1, 0.15) is 24.3 Å². The van der Waals surface area contributed by atoms with Gasteiger partial charge in [0.25, 0.3) is 0 Å². The van der Waals surface area contributed by atoms with E-state index in [1.165, 1.54) is 6.92 Å². The molecule has 0 bridgehead atoms. The lowest BCUT2D eigenvalue weighted by Crippen LogP contribution is -2.19. The molecule has 1 N–H and O–H groups in total. The fourth-order valence-electron chi connectivity index (χ4n) is 1.67. The molecule has 2 aromatic rings. The number of carbonyl (C=O) groups is 2. The lowest BCUT2D eigenvalue weighted by Gasteiger charge is -2.06. The zero-order valence-electron chi connectivity index (χ0n) is 11.5. The number of fused-ring (bicyclic) bond motifs is 1. The van der Waals surface area contributed by atoms with Crippen LogP contribution in [0.25, 0.3) is 10.3 Å². The number of halogens is 3. The Kier molecular flexibility index (Phi) is 4.35. The van der Waals surface area contributed by atoms with Crippen LogP contribution >= 0.6 is 11.3 Å². The number of ether oxygens (including phenoxy) is 1. The Morgan fingerprint density at radius 3 is 2.64 bits per heavy atom. The zero-order chi connectivity index (χ0) is 16.5. The van der Waals surface area contributed by atoms with Gasteiger partial charge in [0, 0.05) is 6.92 Å². The van der Waals surface area contributed by atoms with Gasteiger partial charge in [-0.15, -0.1) is 0 Å². The van der Waals surface area contributed by atoms with Gasteiger partial charge in [-0.25, -0.2) is 9.48 Å². The highest BCUT2D eigenvalue weighted by molar-refractivity contribution is 7.22. The van der Waals surface area contributed by atoms with Gasteiger partial charge in [0.2, 0.25) is 5.91 Å². The summed E-state index contributed by atoms with van der Waals surface area (Å²) in [4.78, 5) is 26.7. The van der Waals surface area contributed by atoms with Crippen LogP contribution in [0.4, 0.5) is 18.3 Å². The predicted octanol–water partition coefficient (Wildman–Crippen LogP) is 2.19. The quantitative estimate of drug-likeness (QED) is 0.865. The van der Waals surface area contributed by atoms with E-state index in [0.717, 1.165) is 11.3 Å². The largest absolute Gasteiger partial charge is 0.461 e. The summed E-state index contributed by atoms with van der Waals surface area (Å²) in [5, 5.41) is 6.08. The van der Waals surface area contributed by atoms with Crippen molar-refractivity contribution in [1.82, 2.24) is 14.8 Å². The van der Waals surface area contributed by atoms with E-state index in [4.69, 9.17) is 4.74 Å². The van der Waals surface area contributed by atoms with Gasteiger partial charge in [0.1, 0.15) is 11.2 Å². The summed E-state index contributed by atoms with van der Waals surface area (Å²) in [5.74, 6) is -1.27. The maximum atomic E-state index is 12.6. The van der Waals surface area contributed by atoms with Gasteiger partial charge >= 0.3 is 12.1 Å². The first-order valence-corrected chi connectivity index (χ1v) is 6.91. The standard InChI is InChI=1S/C11H11F3N4O3S/c1-3-21-9(20)6-7-8(16-10(22-7)15-5(2)19)18(17-6)4-11(12,13)14/h3-4H2,1-2H3,(H,15,16,19). The first kappa shape index (κ1) is 16.2. The maximum absolute atomic E-state index is 12.6. The van der Waals surface area contributed by atoms with Crippen molar-refractivity contribution >= 4 is 38.7 Å². The summed E-state index contributed by atoms with van der Waals surface area (Å²) >= 11 is 0.859. The third-order valence-corrected chi connectivity index (χ3v) is 3.34. The van der Waals surface area contributed by atoms with E-state index in [1.807, 2.05) is 0 Å². The molecule has 0 aliphatic carbocycles. The van der Waals surface area contributed by atoms with E-state index in [1.54, 1.807) is 6.92 Å². The molecule has 2 heterocycles. The van der Waals surface area contributed by atoms with Crippen molar-refractivity contribution in [2.45, 2.75) is 26.6 Å². The second-order valence-electron chi connectivity index (χ2n) is 4.19. The summed E-state index contributed by atoms with van der Waals surface area (Å²) in [5.41, 5.74) is -0.385. The number of anilines is 1. The lowest BCUT2D eigenvalue weighted by molar-refractivity contribution is -0.142. The van der Waals surface area contributed by atoms with Crippen LogP contribution in [0.15, 0.2) is 0 Å². The minimum atomic E-state index is -4.53. The Labute approximate surface area is 126 Å². The summed E-state index contributed by atoms with van der Waals surface area (Å²) in [6.45, 7) is 1.47. The molecule has 2 rings (SSSR count). The summed E-state index contributed by atoms with van der Waals surface area (Å²) in [7, 11) is 0. The van der Waals surface area contributed by atoms with Crippen LogP contribution < -0.4 is 5.32 Å². The number of carbonyl (C=O) groups excluding carboxylic acids is 2. The van der Waals surface area contributed by atoms with Gasteiger partial charge in [0.05, 0.1) is 6.61 Å². The van der Waals surface area contributed by atoms with E-state index >= 15 is 0 Å². The summed E-state index contributed by atoms with van der Waals surface area (Å²) < 4.78 is 43.2. The molecule has 2 aromatic heterocycles. The van der Waals surface area contributed by atoms with Crippen LogP contribution in [0, 0.1) is 0 Å². The van der Waals surface area contributed by atoms with Crippen molar-refractivity contribution in [3.05, 3.63) is 5.69 Å². The van der Waals surface area contributed by atoms with Crippen molar-refractivity contribution in [3.8, 4) is 0 Å². The number of nitrogens with one attached hydrogen (secondary N) is 1. The van der Waals surface area contributed by atoms with E-state index in [9.17, 15) is 22.8 Å². The highest BCUT2D eigenvalue weighted by atomic mass is 32.1. The van der Waals surface area contributed by atoms with Crippen LogP contribution in [0.5, 0.6) is 0 Å². The summed E-state index contributed by atoms with van der Waals surface area (Å²) in [6, 6.07) is 0. The number of nitrogens with zero attached hydrogens (tertiary/aromatic N) is 3. The molecule has 120 valence electrons. The smallest absolute Gasteiger partial charge is 0.408 e. The number of aromatic nitrogens is 3. The molecule has 1 amide bonds. The average molecular weight is 336 g/mol. The first-order valence-electron chi connectivity index (χ1n) is 6.10. The normalized spacial score (nSPS) is 11.7. The van der Waals surface area contributed by atoms with Crippen molar-refractivity contribution in [2.75, 3.05) is 11.9 Å². The van der Waals surface area contributed by atoms with Gasteiger partial charge in [-0.2, -0.15) is 23.3 Å². The third-order valence-electron chi connectivity index (χ3n) is 2.37. The molecule has 0 unspecified atom stereocenters. The fraction of sp³-hybridized carbons (Fsp3) is 0.455. The maximum Gasteiger partial charge on any atom is 0.408 e. The molecular weight excluding hydrogens is 325 g/mol. The number of thiazole rings is 1. The van der Waals surface area contributed by atoms with Crippen LogP contribution in [0.3, 0.4) is 0 Å². The Balaban J connectivity index is 2.51. The molecule has 0 aliphatic heterocycles. The molecule has 0 aromatic carbocycles. The second-order valence-corrected chi connectivity index (χ2v) is 5.19. The number of hydrogen-bond donors (Lipinski definition) is 1. The van der Waals surface area contributed by atoms with Gasteiger partial charge in [-0.05, 0) is 6.92 Å². The first-order chi connectivity index (χ1) is 10.2. The van der Waals surface area contributed by atoms with Gasteiger partial charge in [0.15, 0.2) is 16.5 Å². The number of amides is 1. The fourth-order valence-corrected chi connectivity index (χ4v) is 2.66. The van der Waals surface area contributed by atoms with Crippen LogP contribution in [-0.2, 0) is 16.1 Å². The molecule has 0 aliphatic rings. The molecule has 0 saturated heterocycles. The second kappa shape index (κ2) is 5.91. The van der Waals surface area contributed by atoms with Gasteiger partial charge in [-0.1, -0.05) is 11.3 Å². The molecule has 0 saturated carbocycles. The van der Waals surface area contributed by atoms with Crippen molar-refractivity contribution < 1.29 is 27.5 Å². The van der Waals surface area contributed by atoms with Crippen molar-refractivity contribution in [3.63, 3.8) is 0 Å². The van der Waals surface area contributed by atoms with Gasteiger partial charge < -0.3 is 10.1 Å². The SMILES string of the molecule is CCOC(=O)c1nn(CC(F)(F)F)c2nc(NC(C)=O)sc12. The van der Waals surface area contributed by atoms with Crippen LogP contribution in [0.2, 0.25) is 0 Å². The van der Waals surface area contributed by atoms with E-state index in [-0.39, 0.29) is 27.8 Å². The van der Waals surface area contributed by atoms with E-state index in [0.29, 0.717) is 4.68 Å². The molecule has 0 radical (unpaired) electrons. The third kappa shape index (κ3) is 3.53. The monoisotopic (exact) mass is 336 g/mol. The highest BCUT2D eigenvalue weighted by Crippen LogP contribution is 2.31. The zero-order valence-corrected chi connectivity index (χ0v) is 12.3. The highest BCUT2D eigenvalue weighted by Gasteiger charge is 2.32. The Hall–Kier alpha value is -2.17. The van der Waals surface area contributed by atoms with Gasteiger partial charge in [-0.3, -0.25) is 4.79 Å². The Morgan fingerprint density at radius 2 is 2.09 bits per heavy atom. The Bertz CT molecular complexity index is 722. The summed E-state index contributed by atoms with van der Waals surface area (Å²) in [6.07, 6.45) is -4.53. The molecule has 0 spiro atoms. The number of alkyl halides is 3. The minimum Gasteiger partial charge on any atom is -0.461 e. The number of esters is 1. The average Bonchev–Trinajstić information content (AvgIpc) is 2.87. The molecule has 0 atom stereocenters. The van der Waals surface area contributed by atoms with Crippen LogP contribution in [-0.4, -0.2) is 39.4 Å². The number of hydrogen-bond acceptors (Lipinski definition) is 6. The Morgan fingerprint density at radius 1 is 1.41 bits per heavy atom. The molecular formula is C11H11F3N4O3S. The lowest BCUT2D eigenvalue weighted by atomic mass is 10.4.